The third-order valence-corrected chi connectivity index (χ3v) is 7.41. The fourth-order valence-electron chi connectivity index (χ4n) is 4.43. The van der Waals surface area contributed by atoms with Crippen molar-refractivity contribution in [2.45, 2.75) is 37.3 Å². The molecule has 0 aromatic heterocycles. The fourth-order valence-corrected chi connectivity index (χ4v) is 4.78. The van der Waals surface area contributed by atoms with Gasteiger partial charge in [-0.2, -0.15) is 0 Å². The maximum absolute atomic E-state index is 12.3. The van der Waals surface area contributed by atoms with Crippen LogP contribution in [0.15, 0.2) is 24.3 Å². The molecule has 1 N–H and O–H groups in total. The Morgan fingerprint density at radius 2 is 1.19 bits per heavy atom. The van der Waals surface area contributed by atoms with Gasteiger partial charge < -0.3 is 28.8 Å². The molecular formula is C24H14Cl8O10. The Kier molecular flexibility index (Phi) is 10.4. The maximum atomic E-state index is 12.3. The SMILES string of the molecule is O=C(Oc1cc2c(cc1OC(=O)C(Cl)Cl)[C@@H]1c3ccc(OC(=O)C(Cl)Cl)c(OC(=O)C(Cl)Cl)c3OC[C@]1(O)C2)C(Cl)Cl. The van der Waals surface area contributed by atoms with Gasteiger partial charge >= 0.3 is 23.9 Å². The Labute approximate surface area is 276 Å². The highest BCUT2D eigenvalue weighted by atomic mass is 35.5. The number of rotatable bonds is 8. The summed E-state index contributed by atoms with van der Waals surface area (Å²) in [6.45, 7) is -0.374. The molecule has 0 fully saturated rings. The second kappa shape index (κ2) is 13.2. The van der Waals surface area contributed by atoms with Gasteiger partial charge in [0.2, 0.25) is 25.1 Å². The summed E-state index contributed by atoms with van der Waals surface area (Å²) in [7, 11) is 0. The van der Waals surface area contributed by atoms with Crippen molar-refractivity contribution in [2.75, 3.05) is 6.61 Å². The van der Waals surface area contributed by atoms with Gasteiger partial charge in [0.25, 0.3) is 0 Å². The molecule has 1 aliphatic carbocycles. The fraction of sp³-hybridized carbons (Fsp3) is 0.333. The van der Waals surface area contributed by atoms with Crippen molar-refractivity contribution in [1.82, 2.24) is 0 Å². The van der Waals surface area contributed by atoms with Crippen molar-refractivity contribution in [3.63, 3.8) is 0 Å². The molecule has 1 heterocycles. The van der Waals surface area contributed by atoms with Crippen LogP contribution in [0.1, 0.15) is 22.6 Å². The molecule has 0 unspecified atom stereocenters. The number of halogens is 8. The second-order valence-electron chi connectivity index (χ2n) is 8.70. The number of aliphatic hydroxyl groups is 1. The summed E-state index contributed by atoms with van der Waals surface area (Å²) >= 11 is 44.9. The molecule has 0 spiro atoms. The van der Waals surface area contributed by atoms with Crippen LogP contribution in [-0.4, -0.2) is 60.5 Å². The molecule has 226 valence electrons. The van der Waals surface area contributed by atoms with Crippen LogP contribution in [0.2, 0.25) is 0 Å². The molecular weight excluding hydrogens is 732 g/mol. The minimum atomic E-state index is -1.63. The summed E-state index contributed by atoms with van der Waals surface area (Å²) in [5, 5.41) is 11.7. The van der Waals surface area contributed by atoms with E-state index in [2.05, 4.69) is 0 Å². The van der Waals surface area contributed by atoms with Crippen LogP contribution < -0.4 is 23.7 Å². The lowest BCUT2D eigenvalue weighted by Gasteiger charge is -2.37. The Morgan fingerprint density at radius 3 is 1.71 bits per heavy atom. The molecule has 0 saturated carbocycles. The van der Waals surface area contributed by atoms with Crippen LogP contribution in [0.25, 0.3) is 0 Å². The molecule has 0 bridgehead atoms. The van der Waals surface area contributed by atoms with Crippen LogP contribution >= 0.6 is 92.8 Å². The van der Waals surface area contributed by atoms with Gasteiger partial charge in [0.1, 0.15) is 12.2 Å². The lowest BCUT2D eigenvalue weighted by Crippen LogP contribution is -2.44. The first-order valence-electron chi connectivity index (χ1n) is 11.3. The monoisotopic (exact) mass is 742 g/mol. The Morgan fingerprint density at radius 1 is 0.714 bits per heavy atom. The first-order valence-corrected chi connectivity index (χ1v) is 14.8. The van der Waals surface area contributed by atoms with E-state index in [4.69, 9.17) is 116 Å². The molecule has 18 heteroatoms. The first kappa shape index (κ1) is 33.3. The number of ether oxygens (including phenoxy) is 5. The van der Waals surface area contributed by atoms with Crippen LogP contribution in [-0.2, 0) is 25.6 Å². The lowest BCUT2D eigenvalue weighted by molar-refractivity contribution is -0.135. The first-order chi connectivity index (χ1) is 19.6. The molecule has 42 heavy (non-hydrogen) atoms. The third kappa shape index (κ3) is 6.87. The second-order valence-corrected chi connectivity index (χ2v) is 13.1. The third-order valence-electron chi connectivity index (χ3n) is 5.98. The van der Waals surface area contributed by atoms with E-state index in [9.17, 15) is 24.3 Å². The Balaban J connectivity index is 1.87. The predicted octanol–water partition coefficient (Wildman–Crippen LogP) is 5.33. The van der Waals surface area contributed by atoms with Crippen molar-refractivity contribution in [3.8, 4) is 28.7 Å². The number of carbonyl (C=O) groups is 4. The highest BCUT2D eigenvalue weighted by Gasteiger charge is 2.52. The molecule has 2 atom stereocenters. The van der Waals surface area contributed by atoms with Gasteiger partial charge in [-0.15, -0.1) is 0 Å². The van der Waals surface area contributed by atoms with Crippen molar-refractivity contribution in [1.29, 1.82) is 0 Å². The summed E-state index contributed by atoms with van der Waals surface area (Å²) in [5.74, 6) is -6.73. The minimum absolute atomic E-state index is 0.0402. The average molecular weight is 746 g/mol. The Bertz CT molecular complexity index is 1450. The van der Waals surface area contributed by atoms with Crippen molar-refractivity contribution >= 4 is 117 Å². The van der Waals surface area contributed by atoms with E-state index in [-0.39, 0.29) is 41.6 Å². The number of esters is 4. The van der Waals surface area contributed by atoms with Crippen molar-refractivity contribution in [3.05, 3.63) is 41.0 Å². The van der Waals surface area contributed by atoms with Crippen LogP contribution in [0.3, 0.4) is 0 Å². The highest BCUT2D eigenvalue weighted by Crippen LogP contribution is 2.56. The van der Waals surface area contributed by atoms with Gasteiger partial charge in [0.15, 0.2) is 23.0 Å². The number of benzene rings is 2. The summed E-state index contributed by atoms with van der Waals surface area (Å²) in [6.07, 6.45) is -0.0402. The standard InChI is InChI=1S/C24H14Cl8O10/c25-16(26)20(33)39-10-2-1-8-13-9-4-12(41-22(35)18(29)30)11(40-21(34)17(27)28)3-7(9)5-24(13,37)6-38-14(8)15(10)42-23(36)19(31)32/h1-4,13,16-19,37H,5-6H2/t13-,24+/m0/s1. The van der Waals surface area contributed by atoms with Crippen LogP contribution in [0, 0.1) is 0 Å². The normalized spacial score (nSPS) is 18.7. The van der Waals surface area contributed by atoms with E-state index in [1.165, 1.54) is 24.3 Å². The lowest BCUT2D eigenvalue weighted by atomic mass is 9.80. The molecule has 1 aliphatic heterocycles. The summed E-state index contributed by atoms with van der Waals surface area (Å²) < 4.78 is 26.7. The summed E-state index contributed by atoms with van der Waals surface area (Å²) in [5.41, 5.74) is -0.538. The average Bonchev–Trinajstić information content (AvgIpc) is 3.20. The molecule has 4 rings (SSSR count). The number of carbonyl (C=O) groups excluding carboxylic acids is 4. The molecule has 10 nitrogen and oxygen atoms in total. The predicted molar refractivity (Wildman–Crippen MR) is 153 cm³/mol. The van der Waals surface area contributed by atoms with Gasteiger partial charge in [-0.1, -0.05) is 98.9 Å². The van der Waals surface area contributed by atoms with Gasteiger partial charge in [-0.3, -0.25) is 0 Å². The van der Waals surface area contributed by atoms with E-state index in [1.807, 2.05) is 0 Å². The Hall–Kier alpha value is -1.60. The number of alkyl halides is 8. The molecule has 0 amide bonds. The van der Waals surface area contributed by atoms with E-state index < -0.39 is 60.5 Å². The number of fused-ring (bicyclic) bond motifs is 5. The number of hydrogen-bond acceptors (Lipinski definition) is 10. The molecule has 0 radical (unpaired) electrons. The van der Waals surface area contributed by atoms with Crippen LogP contribution in [0.4, 0.5) is 0 Å². The smallest absolute Gasteiger partial charge is 0.345 e. The van der Waals surface area contributed by atoms with E-state index in [0.29, 0.717) is 11.1 Å². The topological polar surface area (TPSA) is 135 Å². The van der Waals surface area contributed by atoms with Gasteiger partial charge in [0.05, 0.1) is 0 Å². The zero-order valence-electron chi connectivity index (χ0n) is 20.3. The maximum Gasteiger partial charge on any atom is 0.345 e. The van der Waals surface area contributed by atoms with Gasteiger partial charge in [-0.25, -0.2) is 19.2 Å². The summed E-state index contributed by atoms with van der Waals surface area (Å²) in [4.78, 5) is 42.4. The molecule has 2 aromatic carbocycles. The largest absolute Gasteiger partial charge is 0.486 e. The van der Waals surface area contributed by atoms with Gasteiger partial charge in [0, 0.05) is 17.9 Å². The minimum Gasteiger partial charge on any atom is -0.486 e. The van der Waals surface area contributed by atoms with E-state index in [1.54, 1.807) is 0 Å². The molecule has 2 aromatic rings. The van der Waals surface area contributed by atoms with E-state index >= 15 is 0 Å². The van der Waals surface area contributed by atoms with Crippen molar-refractivity contribution < 1.29 is 48.0 Å². The highest BCUT2D eigenvalue weighted by molar-refractivity contribution is 6.54. The van der Waals surface area contributed by atoms with Crippen molar-refractivity contribution in [2.24, 2.45) is 0 Å². The quantitative estimate of drug-likeness (QED) is 0.215. The van der Waals surface area contributed by atoms with E-state index in [0.717, 1.165) is 0 Å². The molecule has 2 aliphatic rings. The molecule has 0 saturated heterocycles. The number of hydrogen-bond donors (Lipinski definition) is 1. The van der Waals surface area contributed by atoms with Gasteiger partial charge in [-0.05, 0) is 29.3 Å². The summed E-state index contributed by atoms with van der Waals surface area (Å²) in [6, 6.07) is 5.32. The zero-order valence-corrected chi connectivity index (χ0v) is 26.3. The zero-order chi connectivity index (χ0) is 31.1. The van der Waals surface area contributed by atoms with Crippen LogP contribution in [0.5, 0.6) is 28.7 Å².